The second-order valence-corrected chi connectivity index (χ2v) is 13.7. The van der Waals surface area contributed by atoms with Gasteiger partial charge in [0.05, 0.1) is 5.41 Å². The van der Waals surface area contributed by atoms with Gasteiger partial charge in [-0.3, -0.25) is 24.1 Å². The summed E-state index contributed by atoms with van der Waals surface area (Å²) in [6, 6.07) is -1.96. The molecule has 1 saturated heterocycles. The van der Waals surface area contributed by atoms with Gasteiger partial charge in [-0.2, -0.15) is 0 Å². The molecule has 246 valence electrons. The molecule has 2 aliphatic heterocycles. The SMILES string of the molecule is CO/N=C(\C(=O)N[C@@H]1C(=O)N2C(C(=O)OCOC(=O)C(C)(C)C)=CCS[C@H]12)c1csc(NC(=O)[C@H](C)NC(=O)OC(C)(C)C)n1. The van der Waals surface area contributed by atoms with Crippen LogP contribution in [0, 0.1) is 5.41 Å². The van der Waals surface area contributed by atoms with E-state index in [9.17, 15) is 28.8 Å². The first-order valence-corrected chi connectivity index (χ1v) is 15.5. The zero-order valence-corrected chi connectivity index (χ0v) is 27.7. The van der Waals surface area contributed by atoms with Gasteiger partial charge in [0.1, 0.15) is 41.6 Å². The summed E-state index contributed by atoms with van der Waals surface area (Å²) in [6.07, 6.45) is 0.746. The maximum absolute atomic E-state index is 13.2. The maximum atomic E-state index is 13.2. The normalized spacial score (nSPS) is 18.8. The van der Waals surface area contributed by atoms with E-state index in [0.29, 0.717) is 5.75 Å². The van der Waals surface area contributed by atoms with Crippen LogP contribution in [0.15, 0.2) is 22.3 Å². The van der Waals surface area contributed by atoms with Crippen LogP contribution in [-0.2, 0) is 43.0 Å². The fourth-order valence-electron chi connectivity index (χ4n) is 3.67. The molecule has 0 aromatic carbocycles. The van der Waals surface area contributed by atoms with E-state index in [1.54, 1.807) is 41.5 Å². The fraction of sp³-hybridized carbons (Fsp3) is 0.556. The number of thiazole rings is 1. The third kappa shape index (κ3) is 9.16. The van der Waals surface area contributed by atoms with Crippen molar-refractivity contribution in [3.63, 3.8) is 0 Å². The van der Waals surface area contributed by atoms with Crippen LogP contribution in [-0.4, -0.2) is 94.1 Å². The highest BCUT2D eigenvalue weighted by molar-refractivity contribution is 8.00. The highest BCUT2D eigenvalue weighted by atomic mass is 32.2. The van der Waals surface area contributed by atoms with Gasteiger partial charge < -0.3 is 35.0 Å². The molecule has 4 amide bonds. The lowest BCUT2D eigenvalue weighted by Gasteiger charge is -2.48. The molecule has 3 rings (SSSR count). The molecule has 0 radical (unpaired) electrons. The molecule has 0 unspecified atom stereocenters. The van der Waals surface area contributed by atoms with Gasteiger partial charge in [-0.05, 0) is 54.5 Å². The summed E-state index contributed by atoms with van der Waals surface area (Å²) in [7, 11) is 1.22. The van der Waals surface area contributed by atoms with Crippen LogP contribution in [0.1, 0.15) is 54.2 Å². The predicted molar refractivity (Wildman–Crippen MR) is 163 cm³/mol. The molecule has 0 aliphatic carbocycles. The fourth-order valence-corrected chi connectivity index (χ4v) is 5.56. The van der Waals surface area contributed by atoms with Gasteiger partial charge in [0, 0.05) is 11.1 Å². The van der Waals surface area contributed by atoms with E-state index in [0.717, 1.165) is 11.3 Å². The van der Waals surface area contributed by atoms with Crippen molar-refractivity contribution in [2.75, 3.05) is 25.0 Å². The average molecular weight is 669 g/mol. The van der Waals surface area contributed by atoms with Crippen LogP contribution >= 0.6 is 23.1 Å². The zero-order chi connectivity index (χ0) is 33.7. The van der Waals surface area contributed by atoms with Crippen LogP contribution in [0.3, 0.4) is 0 Å². The summed E-state index contributed by atoms with van der Waals surface area (Å²) in [5.41, 5.74) is -1.76. The molecule has 0 saturated carbocycles. The lowest BCUT2D eigenvalue weighted by atomic mass is 9.98. The summed E-state index contributed by atoms with van der Waals surface area (Å²) < 4.78 is 15.1. The number of aromatic nitrogens is 1. The van der Waals surface area contributed by atoms with Gasteiger partial charge in [-0.1, -0.05) is 5.16 Å². The smallest absolute Gasteiger partial charge is 0.408 e. The minimum atomic E-state index is -1.00. The molecule has 3 N–H and O–H groups in total. The zero-order valence-electron chi connectivity index (χ0n) is 26.0. The van der Waals surface area contributed by atoms with Crippen LogP contribution in [0.4, 0.5) is 9.93 Å². The molecule has 2 aliphatic rings. The number of nitrogens with zero attached hydrogens (tertiary/aromatic N) is 3. The monoisotopic (exact) mass is 668 g/mol. The largest absolute Gasteiger partial charge is 0.444 e. The molecular weight excluding hydrogens is 632 g/mol. The first-order chi connectivity index (χ1) is 20.9. The molecule has 18 heteroatoms. The van der Waals surface area contributed by atoms with Gasteiger partial charge in [0.25, 0.3) is 11.8 Å². The summed E-state index contributed by atoms with van der Waals surface area (Å²) in [6.45, 7) is 10.9. The van der Waals surface area contributed by atoms with Gasteiger partial charge in [0.2, 0.25) is 12.7 Å². The Balaban J connectivity index is 1.59. The number of hydrogen-bond donors (Lipinski definition) is 3. The summed E-state index contributed by atoms with van der Waals surface area (Å²) in [4.78, 5) is 85.5. The van der Waals surface area contributed by atoms with Gasteiger partial charge in [-0.25, -0.2) is 14.6 Å². The minimum absolute atomic E-state index is 0.0258. The summed E-state index contributed by atoms with van der Waals surface area (Å²) in [5, 5.41) is 12.3. The molecule has 1 aromatic rings. The number of anilines is 1. The number of rotatable bonds is 10. The molecule has 3 heterocycles. The molecule has 1 aromatic heterocycles. The van der Waals surface area contributed by atoms with Crippen molar-refractivity contribution >= 4 is 69.7 Å². The predicted octanol–water partition coefficient (Wildman–Crippen LogP) is 1.72. The number of alkyl carbamates (subject to hydrolysis) is 1. The number of ether oxygens (including phenoxy) is 3. The van der Waals surface area contributed by atoms with Crippen molar-refractivity contribution in [3.8, 4) is 0 Å². The van der Waals surface area contributed by atoms with Gasteiger partial charge >= 0.3 is 18.0 Å². The van der Waals surface area contributed by atoms with Crippen molar-refractivity contribution < 1.29 is 47.8 Å². The number of nitrogens with one attached hydrogen (secondary N) is 3. The van der Waals surface area contributed by atoms with Crippen LogP contribution in [0.25, 0.3) is 0 Å². The van der Waals surface area contributed by atoms with E-state index >= 15 is 0 Å². The van der Waals surface area contributed by atoms with E-state index in [2.05, 4.69) is 26.1 Å². The van der Waals surface area contributed by atoms with Crippen molar-refractivity contribution in [2.24, 2.45) is 10.6 Å². The van der Waals surface area contributed by atoms with Crippen molar-refractivity contribution in [3.05, 3.63) is 22.8 Å². The first-order valence-electron chi connectivity index (χ1n) is 13.6. The number of carbonyl (C=O) groups excluding carboxylic acids is 6. The van der Waals surface area contributed by atoms with Crippen LogP contribution < -0.4 is 16.0 Å². The Morgan fingerprint density at radius 3 is 2.44 bits per heavy atom. The number of thioether (sulfide) groups is 1. The molecule has 45 heavy (non-hydrogen) atoms. The molecule has 0 bridgehead atoms. The number of fused-ring (bicyclic) bond motifs is 1. The number of oxime groups is 1. The molecule has 0 spiro atoms. The lowest BCUT2D eigenvalue weighted by molar-refractivity contribution is -0.173. The number of hydrogen-bond acceptors (Lipinski definition) is 14. The Bertz CT molecular complexity index is 1410. The first kappa shape index (κ1) is 35.3. The Labute approximate surface area is 267 Å². The standard InChI is InChI=1S/C27H36N6O10S2/c1-13(28-25(39)43-27(5,6)7)18(34)31-24-29-14(11-45-24)16(32-40-8)19(35)30-17-20(36)33-15(9-10-44-21(17)33)22(37)41-12-42-23(38)26(2,3)4/h9,11,13,17,21H,10,12H2,1-8H3,(H,28,39)(H,30,35)(H,29,31,34)/b32-16-/t13-,17+,21+/m0/s1. The van der Waals surface area contributed by atoms with E-state index in [4.69, 9.17) is 19.0 Å². The summed E-state index contributed by atoms with van der Waals surface area (Å²) in [5.74, 6) is -2.99. The molecule has 3 atom stereocenters. The number of carbonyl (C=O) groups is 6. The second kappa shape index (κ2) is 14.3. The topological polar surface area (TPSA) is 204 Å². The van der Waals surface area contributed by atoms with Crippen molar-refractivity contribution in [1.29, 1.82) is 0 Å². The van der Waals surface area contributed by atoms with E-state index in [-0.39, 0.29) is 22.2 Å². The third-order valence-electron chi connectivity index (χ3n) is 5.84. The van der Waals surface area contributed by atoms with Crippen molar-refractivity contribution in [1.82, 2.24) is 20.5 Å². The van der Waals surface area contributed by atoms with E-state index in [1.165, 1.54) is 42.2 Å². The number of β-lactam (4-membered cyclic amide) rings is 1. The van der Waals surface area contributed by atoms with Crippen LogP contribution in [0.2, 0.25) is 0 Å². The Kier molecular flexibility index (Phi) is 11.2. The lowest BCUT2D eigenvalue weighted by Crippen LogP contribution is -2.70. The molecule has 1 fully saturated rings. The summed E-state index contributed by atoms with van der Waals surface area (Å²) >= 11 is 2.30. The quantitative estimate of drug-likeness (QED) is 0.107. The van der Waals surface area contributed by atoms with E-state index in [1.807, 2.05) is 0 Å². The Morgan fingerprint density at radius 1 is 1.13 bits per heavy atom. The number of esters is 2. The minimum Gasteiger partial charge on any atom is -0.444 e. The molecular formula is C27H36N6O10S2. The highest BCUT2D eigenvalue weighted by Crippen LogP contribution is 2.38. The maximum Gasteiger partial charge on any atom is 0.408 e. The van der Waals surface area contributed by atoms with Crippen LogP contribution in [0.5, 0.6) is 0 Å². The highest BCUT2D eigenvalue weighted by Gasteiger charge is 2.53. The van der Waals surface area contributed by atoms with Gasteiger partial charge in [-0.15, -0.1) is 23.1 Å². The van der Waals surface area contributed by atoms with E-state index < -0.39 is 71.0 Å². The Morgan fingerprint density at radius 2 is 1.82 bits per heavy atom. The second-order valence-electron chi connectivity index (χ2n) is 11.7. The van der Waals surface area contributed by atoms with Gasteiger partial charge in [0.15, 0.2) is 10.8 Å². The average Bonchev–Trinajstić information content (AvgIpc) is 3.39. The number of amides is 4. The molecule has 16 nitrogen and oxygen atoms in total. The Hall–Kier alpha value is -4.19. The third-order valence-corrected chi connectivity index (χ3v) is 7.78. The van der Waals surface area contributed by atoms with Crippen molar-refractivity contribution in [2.45, 2.75) is 71.5 Å².